The first kappa shape index (κ1) is 14.4. The SMILES string of the molecule is O=C(O)c1csc(CNc2ccccc2C(F)(F)F)c1. The molecule has 0 spiro atoms. The summed E-state index contributed by atoms with van der Waals surface area (Å²) in [7, 11) is 0. The highest BCUT2D eigenvalue weighted by Gasteiger charge is 2.33. The van der Waals surface area contributed by atoms with E-state index in [1.807, 2.05) is 0 Å². The summed E-state index contributed by atoms with van der Waals surface area (Å²) < 4.78 is 38.3. The molecule has 0 saturated carbocycles. The molecule has 0 aliphatic carbocycles. The Kier molecular flexibility index (Phi) is 3.99. The number of anilines is 1. The summed E-state index contributed by atoms with van der Waals surface area (Å²) in [5, 5.41) is 12.9. The third kappa shape index (κ3) is 3.30. The lowest BCUT2D eigenvalue weighted by Gasteiger charge is -2.13. The minimum atomic E-state index is -4.43. The third-order valence-corrected chi connectivity index (χ3v) is 3.52. The van der Waals surface area contributed by atoms with Gasteiger partial charge >= 0.3 is 12.1 Å². The van der Waals surface area contributed by atoms with E-state index < -0.39 is 17.7 Å². The smallest absolute Gasteiger partial charge is 0.418 e. The van der Waals surface area contributed by atoms with Gasteiger partial charge in [0, 0.05) is 22.5 Å². The zero-order chi connectivity index (χ0) is 14.8. The van der Waals surface area contributed by atoms with Crippen LogP contribution < -0.4 is 5.32 Å². The second kappa shape index (κ2) is 5.54. The highest BCUT2D eigenvalue weighted by molar-refractivity contribution is 7.10. The molecule has 0 atom stereocenters. The number of hydrogen-bond acceptors (Lipinski definition) is 3. The van der Waals surface area contributed by atoms with Crippen LogP contribution in [0.15, 0.2) is 35.7 Å². The van der Waals surface area contributed by atoms with Gasteiger partial charge in [-0.25, -0.2) is 4.79 Å². The van der Waals surface area contributed by atoms with E-state index in [0.29, 0.717) is 4.88 Å². The van der Waals surface area contributed by atoms with Crippen LogP contribution in [0.25, 0.3) is 0 Å². The van der Waals surface area contributed by atoms with E-state index in [4.69, 9.17) is 5.11 Å². The van der Waals surface area contributed by atoms with E-state index in [1.54, 1.807) is 0 Å². The molecule has 3 nitrogen and oxygen atoms in total. The van der Waals surface area contributed by atoms with Crippen molar-refractivity contribution in [3.8, 4) is 0 Å². The molecule has 2 rings (SSSR count). The van der Waals surface area contributed by atoms with Gasteiger partial charge in [0.15, 0.2) is 0 Å². The number of thiophene rings is 1. The van der Waals surface area contributed by atoms with Gasteiger partial charge in [0.05, 0.1) is 11.1 Å². The van der Waals surface area contributed by atoms with Gasteiger partial charge in [-0.15, -0.1) is 11.3 Å². The molecule has 0 fully saturated rings. The Labute approximate surface area is 116 Å². The van der Waals surface area contributed by atoms with Gasteiger partial charge in [-0.05, 0) is 18.2 Å². The van der Waals surface area contributed by atoms with Gasteiger partial charge in [-0.2, -0.15) is 13.2 Å². The number of hydrogen-bond donors (Lipinski definition) is 2. The first-order chi connectivity index (χ1) is 9.38. The largest absolute Gasteiger partial charge is 0.478 e. The number of halogens is 3. The molecule has 0 aliphatic rings. The van der Waals surface area contributed by atoms with E-state index in [0.717, 1.165) is 6.07 Å². The Balaban J connectivity index is 2.13. The number of alkyl halides is 3. The second-order valence-electron chi connectivity index (χ2n) is 4.00. The molecular formula is C13H10F3NO2S. The predicted octanol–water partition coefficient (Wildman–Crippen LogP) is 4.08. The normalized spacial score (nSPS) is 11.3. The molecule has 2 aromatic rings. The summed E-state index contributed by atoms with van der Waals surface area (Å²) in [6.45, 7) is 0.144. The molecule has 0 amide bonds. The Hall–Kier alpha value is -2.02. The van der Waals surface area contributed by atoms with Crippen LogP contribution in [0.5, 0.6) is 0 Å². The highest BCUT2D eigenvalue weighted by Crippen LogP contribution is 2.34. The van der Waals surface area contributed by atoms with Crippen LogP contribution in [-0.4, -0.2) is 11.1 Å². The number of carboxylic acids is 1. The number of benzene rings is 1. The average molecular weight is 301 g/mol. The number of nitrogens with one attached hydrogen (secondary N) is 1. The van der Waals surface area contributed by atoms with Crippen molar-refractivity contribution in [1.29, 1.82) is 0 Å². The van der Waals surface area contributed by atoms with Gasteiger partial charge in [0.1, 0.15) is 0 Å². The fourth-order valence-corrected chi connectivity index (χ4v) is 2.45. The van der Waals surface area contributed by atoms with Crippen LogP contribution in [0.1, 0.15) is 20.8 Å². The summed E-state index contributed by atoms with van der Waals surface area (Å²) in [4.78, 5) is 11.4. The molecule has 0 bridgehead atoms. The monoisotopic (exact) mass is 301 g/mol. The van der Waals surface area contributed by atoms with Crippen molar-refractivity contribution < 1.29 is 23.1 Å². The molecule has 106 valence electrons. The minimum absolute atomic E-state index is 0.0229. The Bertz CT molecular complexity index is 622. The maximum absolute atomic E-state index is 12.8. The number of para-hydroxylation sites is 1. The first-order valence-electron chi connectivity index (χ1n) is 5.58. The Morgan fingerprint density at radius 2 is 2.00 bits per heavy atom. The quantitative estimate of drug-likeness (QED) is 0.894. The first-order valence-corrected chi connectivity index (χ1v) is 6.46. The molecule has 1 aromatic heterocycles. The van der Waals surface area contributed by atoms with Crippen LogP contribution in [-0.2, 0) is 12.7 Å². The van der Waals surface area contributed by atoms with Gasteiger partial charge in [0.25, 0.3) is 0 Å². The van der Waals surface area contributed by atoms with Crippen molar-refractivity contribution in [3.63, 3.8) is 0 Å². The fraction of sp³-hybridized carbons (Fsp3) is 0.154. The summed E-state index contributed by atoms with van der Waals surface area (Å²) >= 11 is 1.19. The van der Waals surface area contributed by atoms with Gasteiger partial charge in [0.2, 0.25) is 0 Å². The molecule has 2 N–H and O–H groups in total. The molecule has 0 unspecified atom stereocenters. The van der Waals surface area contributed by atoms with Crippen LogP contribution in [0, 0.1) is 0 Å². The summed E-state index contributed by atoms with van der Waals surface area (Å²) in [6.07, 6.45) is -4.43. The lowest BCUT2D eigenvalue weighted by Crippen LogP contribution is -2.10. The average Bonchev–Trinajstić information content (AvgIpc) is 2.84. The molecule has 0 saturated heterocycles. The lowest BCUT2D eigenvalue weighted by molar-refractivity contribution is -0.137. The lowest BCUT2D eigenvalue weighted by atomic mass is 10.1. The summed E-state index contributed by atoms with van der Waals surface area (Å²) in [5.41, 5.74) is -0.629. The standard InChI is InChI=1S/C13H10F3NO2S/c14-13(15,16)10-3-1-2-4-11(10)17-6-9-5-8(7-20-9)12(18)19/h1-5,7,17H,6H2,(H,18,19). The molecular weight excluding hydrogens is 291 g/mol. The van der Waals surface area contributed by atoms with Crippen LogP contribution >= 0.6 is 11.3 Å². The minimum Gasteiger partial charge on any atom is -0.478 e. The van der Waals surface area contributed by atoms with Crippen molar-refractivity contribution in [2.75, 3.05) is 5.32 Å². The van der Waals surface area contributed by atoms with Gasteiger partial charge < -0.3 is 10.4 Å². The fourth-order valence-electron chi connectivity index (χ4n) is 1.65. The van der Waals surface area contributed by atoms with E-state index in [2.05, 4.69) is 5.32 Å². The molecule has 7 heteroatoms. The molecule has 0 radical (unpaired) electrons. The molecule has 1 heterocycles. The van der Waals surface area contributed by atoms with Crippen molar-refractivity contribution in [2.24, 2.45) is 0 Å². The van der Waals surface area contributed by atoms with Crippen LogP contribution in [0.4, 0.5) is 18.9 Å². The highest BCUT2D eigenvalue weighted by atomic mass is 32.1. The van der Waals surface area contributed by atoms with Crippen LogP contribution in [0.3, 0.4) is 0 Å². The van der Waals surface area contributed by atoms with Gasteiger partial charge in [-0.1, -0.05) is 12.1 Å². The third-order valence-electron chi connectivity index (χ3n) is 2.59. The van der Waals surface area contributed by atoms with Gasteiger partial charge in [-0.3, -0.25) is 0 Å². The summed E-state index contributed by atoms with van der Waals surface area (Å²) in [5.74, 6) is -1.05. The molecule has 1 aromatic carbocycles. The zero-order valence-corrected chi connectivity index (χ0v) is 10.9. The zero-order valence-electron chi connectivity index (χ0n) is 10.1. The van der Waals surface area contributed by atoms with E-state index in [1.165, 1.54) is 41.0 Å². The van der Waals surface area contributed by atoms with Crippen molar-refractivity contribution in [3.05, 3.63) is 51.7 Å². The number of carbonyl (C=O) groups is 1. The van der Waals surface area contributed by atoms with E-state index in [9.17, 15) is 18.0 Å². The van der Waals surface area contributed by atoms with E-state index in [-0.39, 0.29) is 17.8 Å². The number of carboxylic acid groups (broad SMARTS) is 1. The van der Waals surface area contributed by atoms with Crippen molar-refractivity contribution in [2.45, 2.75) is 12.7 Å². The van der Waals surface area contributed by atoms with Crippen molar-refractivity contribution >= 4 is 23.0 Å². The topological polar surface area (TPSA) is 49.3 Å². The number of aromatic carboxylic acids is 1. The van der Waals surface area contributed by atoms with Crippen molar-refractivity contribution in [1.82, 2.24) is 0 Å². The predicted molar refractivity (Wildman–Crippen MR) is 70.0 cm³/mol. The Morgan fingerprint density at radius 1 is 1.30 bits per heavy atom. The maximum Gasteiger partial charge on any atom is 0.418 e. The van der Waals surface area contributed by atoms with Crippen LogP contribution in [0.2, 0.25) is 0 Å². The number of rotatable bonds is 4. The summed E-state index contributed by atoms with van der Waals surface area (Å²) in [6, 6.07) is 6.61. The molecule has 0 aliphatic heterocycles. The second-order valence-corrected chi connectivity index (χ2v) is 5.00. The maximum atomic E-state index is 12.8. The molecule has 20 heavy (non-hydrogen) atoms. The van der Waals surface area contributed by atoms with E-state index >= 15 is 0 Å². The Morgan fingerprint density at radius 3 is 2.60 bits per heavy atom.